The van der Waals surface area contributed by atoms with Crippen LogP contribution in [-0.4, -0.2) is 4.98 Å². The quantitative estimate of drug-likeness (QED) is 0.698. The summed E-state index contributed by atoms with van der Waals surface area (Å²) in [5, 5.41) is 0.578. The number of pyridine rings is 1. The topological polar surface area (TPSA) is 38.9 Å². The fraction of sp³-hybridized carbons (Fsp3) is 0.375. The number of anilines is 1. The lowest BCUT2D eigenvalue weighted by molar-refractivity contribution is 1.10. The Kier molecular flexibility index (Phi) is 1.50. The molecule has 2 rings (SSSR count). The monoisotopic (exact) mass is 168 g/mol. The maximum atomic E-state index is 5.80. The molecule has 0 aliphatic heterocycles. The Labute approximate surface area is 70.4 Å². The largest absolute Gasteiger partial charge is 0.382 e. The molecule has 0 saturated heterocycles. The Balaban J connectivity index is 2.36. The van der Waals surface area contributed by atoms with Crippen LogP contribution in [0.2, 0.25) is 5.02 Å². The SMILES string of the molecule is Nc1ncc(C2CC2)cc1Cl. The van der Waals surface area contributed by atoms with Crippen LogP contribution in [0.15, 0.2) is 12.3 Å². The summed E-state index contributed by atoms with van der Waals surface area (Å²) in [5.41, 5.74) is 6.69. The van der Waals surface area contributed by atoms with Gasteiger partial charge in [0.05, 0.1) is 5.02 Å². The minimum atomic E-state index is 0.427. The lowest BCUT2D eigenvalue weighted by Gasteiger charge is -1.99. The Morgan fingerprint density at radius 1 is 1.55 bits per heavy atom. The molecule has 0 amide bonds. The molecule has 58 valence electrons. The number of nitrogens with two attached hydrogens (primary N) is 1. The minimum absolute atomic E-state index is 0.427. The van der Waals surface area contributed by atoms with Crippen LogP contribution in [0, 0.1) is 0 Å². The molecule has 1 fully saturated rings. The molecular formula is C8H9ClN2. The first-order valence-electron chi connectivity index (χ1n) is 3.68. The third-order valence-corrected chi connectivity index (χ3v) is 2.24. The third-order valence-electron chi connectivity index (χ3n) is 1.94. The van der Waals surface area contributed by atoms with E-state index in [9.17, 15) is 0 Å². The fourth-order valence-electron chi connectivity index (χ4n) is 1.10. The zero-order valence-electron chi connectivity index (χ0n) is 6.05. The smallest absolute Gasteiger partial charge is 0.142 e. The minimum Gasteiger partial charge on any atom is -0.382 e. The highest BCUT2D eigenvalue weighted by molar-refractivity contribution is 6.32. The molecule has 11 heavy (non-hydrogen) atoms. The van der Waals surface area contributed by atoms with Gasteiger partial charge in [-0.05, 0) is 30.4 Å². The van der Waals surface area contributed by atoms with Gasteiger partial charge in [0.15, 0.2) is 0 Å². The van der Waals surface area contributed by atoms with Crippen molar-refractivity contribution in [1.29, 1.82) is 0 Å². The number of aromatic nitrogens is 1. The fourth-order valence-corrected chi connectivity index (χ4v) is 1.28. The molecule has 0 aromatic carbocycles. The van der Waals surface area contributed by atoms with Crippen LogP contribution in [0.4, 0.5) is 5.82 Å². The van der Waals surface area contributed by atoms with Crippen LogP contribution in [0.1, 0.15) is 24.3 Å². The molecular weight excluding hydrogens is 160 g/mol. The van der Waals surface area contributed by atoms with Crippen molar-refractivity contribution in [2.45, 2.75) is 18.8 Å². The summed E-state index contributed by atoms with van der Waals surface area (Å²) in [6.07, 6.45) is 4.35. The van der Waals surface area contributed by atoms with Crippen molar-refractivity contribution >= 4 is 17.4 Å². The first-order valence-corrected chi connectivity index (χ1v) is 4.06. The van der Waals surface area contributed by atoms with Gasteiger partial charge in [-0.1, -0.05) is 11.6 Å². The van der Waals surface area contributed by atoms with Crippen LogP contribution < -0.4 is 5.73 Å². The molecule has 3 heteroatoms. The summed E-state index contributed by atoms with van der Waals surface area (Å²) in [5.74, 6) is 1.12. The highest BCUT2D eigenvalue weighted by Gasteiger charge is 2.24. The maximum Gasteiger partial charge on any atom is 0.142 e. The van der Waals surface area contributed by atoms with E-state index in [0.29, 0.717) is 16.8 Å². The number of halogens is 1. The summed E-state index contributed by atoms with van der Waals surface area (Å²) >= 11 is 5.80. The zero-order chi connectivity index (χ0) is 7.84. The Morgan fingerprint density at radius 2 is 2.27 bits per heavy atom. The Hall–Kier alpha value is -0.760. The molecule has 0 radical (unpaired) electrons. The van der Waals surface area contributed by atoms with Gasteiger partial charge in [0.2, 0.25) is 0 Å². The molecule has 0 bridgehead atoms. The van der Waals surface area contributed by atoms with E-state index in [0.717, 1.165) is 0 Å². The zero-order valence-corrected chi connectivity index (χ0v) is 6.80. The van der Waals surface area contributed by atoms with Crippen molar-refractivity contribution in [3.05, 3.63) is 22.8 Å². The van der Waals surface area contributed by atoms with E-state index >= 15 is 0 Å². The average molecular weight is 169 g/mol. The Bertz CT molecular complexity index is 281. The van der Waals surface area contributed by atoms with Gasteiger partial charge < -0.3 is 5.73 Å². The third kappa shape index (κ3) is 1.31. The van der Waals surface area contributed by atoms with Gasteiger partial charge in [-0.15, -0.1) is 0 Å². The van der Waals surface area contributed by atoms with E-state index < -0.39 is 0 Å². The molecule has 2 nitrogen and oxygen atoms in total. The average Bonchev–Trinajstić information content (AvgIpc) is 2.77. The Morgan fingerprint density at radius 3 is 2.82 bits per heavy atom. The van der Waals surface area contributed by atoms with Crippen LogP contribution >= 0.6 is 11.6 Å². The van der Waals surface area contributed by atoms with E-state index in [1.807, 2.05) is 12.3 Å². The first kappa shape index (κ1) is 6.92. The van der Waals surface area contributed by atoms with Crippen LogP contribution in [0.5, 0.6) is 0 Å². The molecule has 2 N–H and O–H groups in total. The van der Waals surface area contributed by atoms with Gasteiger partial charge in [-0.3, -0.25) is 0 Å². The molecule has 1 aliphatic rings. The van der Waals surface area contributed by atoms with Gasteiger partial charge in [-0.25, -0.2) is 4.98 Å². The van der Waals surface area contributed by atoms with Gasteiger partial charge in [-0.2, -0.15) is 0 Å². The molecule has 1 aromatic heterocycles. The van der Waals surface area contributed by atoms with E-state index in [1.54, 1.807) is 0 Å². The lowest BCUT2D eigenvalue weighted by Crippen LogP contribution is -1.92. The number of hydrogen-bond donors (Lipinski definition) is 1. The molecule has 1 heterocycles. The summed E-state index contributed by atoms with van der Waals surface area (Å²) in [6, 6.07) is 1.92. The number of hydrogen-bond acceptors (Lipinski definition) is 2. The summed E-state index contributed by atoms with van der Waals surface area (Å²) in [7, 11) is 0. The first-order chi connectivity index (χ1) is 5.27. The normalized spacial score (nSPS) is 16.8. The maximum absolute atomic E-state index is 5.80. The second-order valence-electron chi connectivity index (χ2n) is 2.91. The highest BCUT2D eigenvalue weighted by Crippen LogP contribution is 2.40. The van der Waals surface area contributed by atoms with E-state index in [-0.39, 0.29) is 0 Å². The van der Waals surface area contributed by atoms with Crippen molar-refractivity contribution in [2.24, 2.45) is 0 Å². The molecule has 1 saturated carbocycles. The van der Waals surface area contributed by atoms with Crippen LogP contribution in [0.25, 0.3) is 0 Å². The summed E-state index contributed by atoms with van der Waals surface area (Å²) < 4.78 is 0. The highest BCUT2D eigenvalue weighted by atomic mass is 35.5. The number of nitrogens with zero attached hydrogens (tertiary/aromatic N) is 1. The molecule has 0 atom stereocenters. The lowest BCUT2D eigenvalue weighted by atomic mass is 10.2. The van der Waals surface area contributed by atoms with E-state index in [4.69, 9.17) is 17.3 Å². The predicted molar refractivity (Wildman–Crippen MR) is 45.6 cm³/mol. The van der Waals surface area contributed by atoms with Gasteiger partial charge >= 0.3 is 0 Å². The van der Waals surface area contributed by atoms with Crippen molar-refractivity contribution in [1.82, 2.24) is 4.98 Å². The predicted octanol–water partition coefficient (Wildman–Crippen LogP) is 2.19. The van der Waals surface area contributed by atoms with Crippen molar-refractivity contribution in [2.75, 3.05) is 5.73 Å². The number of rotatable bonds is 1. The van der Waals surface area contributed by atoms with Gasteiger partial charge in [0.1, 0.15) is 5.82 Å². The van der Waals surface area contributed by atoms with Gasteiger partial charge in [0.25, 0.3) is 0 Å². The van der Waals surface area contributed by atoms with E-state index in [1.165, 1.54) is 18.4 Å². The number of nitrogen functional groups attached to an aromatic ring is 1. The van der Waals surface area contributed by atoms with Crippen molar-refractivity contribution in [3.8, 4) is 0 Å². The van der Waals surface area contributed by atoms with Crippen LogP contribution in [0.3, 0.4) is 0 Å². The standard InChI is InChI=1S/C8H9ClN2/c9-7-3-6(5-1-2-5)4-11-8(7)10/h3-5H,1-2H2,(H2,10,11). The molecule has 0 unspecified atom stereocenters. The molecule has 1 aliphatic carbocycles. The van der Waals surface area contributed by atoms with Crippen molar-refractivity contribution < 1.29 is 0 Å². The van der Waals surface area contributed by atoms with E-state index in [2.05, 4.69) is 4.98 Å². The second-order valence-corrected chi connectivity index (χ2v) is 3.32. The van der Waals surface area contributed by atoms with Crippen molar-refractivity contribution in [3.63, 3.8) is 0 Å². The second kappa shape index (κ2) is 2.38. The molecule has 1 aromatic rings. The summed E-state index contributed by atoms with van der Waals surface area (Å²) in [6.45, 7) is 0. The summed E-state index contributed by atoms with van der Waals surface area (Å²) in [4.78, 5) is 3.99. The molecule has 0 spiro atoms. The van der Waals surface area contributed by atoms with Crippen LogP contribution in [-0.2, 0) is 0 Å². The van der Waals surface area contributed by atoms with Gasteiger partial charge in [0, 0.05) is 6.20 Å².